The lowest BCUT2D eigenvalue weighted by Gasteiger charge is -2.39. The maximum Gasteiger partial charge on any atom is 0.205 e. The van der Waals surface area contributed by atoms with E-state index in [9.17, 15) is 4.39 Å². The highest BCUT2D eigenvalue weighted by molar-refractivity contribution is 7.15. The predicted octanol–water partition coefficient (Wildman–Crippen LogP) is 2.95. The fraction of sp³-hybridized carbons (Fsp3) is 0.579. The van der Waals surface area contributed by atoms with Crippen molar-refractivity contribution in [3.05, 3.63) is 40.7 Å². The van der Waals surface area contributed by atoms with Gasteiger partial charge in [-0.2, -0.15) is 0 Å². The van der Waals surface area contributed by atoms with Crippen molar-refractivity contribution < 1.29 is 4.39 Å². The maximum atomic E-state index is 13.0. The van der Waals surface area contributed by atoms with Gasteiger partial charge in [-0.05, 0) is 30.7 Å². The summed E-state index contributed by atoms with van der Waals surface area (Å²) in [6, 6.07) is 7.06. The standard InChI is InChI=1S/C19H28FN5S/c1-14(2)17(25-10-8-24(3)9-11-25)13-21-19-23-22-18(26-19)12-15-4-6-16(20)7-5-15/h4-7,14,17H,8-13H2,1-3H3,(H,21,23). The first-order chi connectivity index (χ1) is 12.5. The Morgan fingerprint density at radius 3 is 2.46 bits per heavy atom. The summed E-state index contributed by atoms with van der Waals surface area (Å²) in [5.41, 5.74) is 1.05. The monoisotopic (exact) mass is 377 g/mol. The normalized spacial score (nSPS) is 17.6. The van der Waals surface area contributed by atoms with E-state index in [2.05, 4.69) is 46.2 Å². The van der Waals surface area contributed by atoms with Crippen LogP contribution in [-0.2, 0) is 6.42 Å². The first-order valence-corrected chi connectivity index (χ1v) is 10.1. The van der Waals surface area contributed by atoms with E-state index in [4.69, 9.17) is 0 Å². The van der Waals surface area contributed by atoms with Crippen molar-refractivity contribution in [2.45, 2.75) is 26.3 Å². The minimum absolute atomic E-state index is 0.211. The zero-order valence-corrected chi connectivity index (χ0v) is 16.6. The van der Waals surface area contributed by atoms with E-state index in [0.29, 0.717) is 18.4 Å². The van der Waals surface area contributed by atoms with Crippen LogP contribution in [0.25, 0.3) is 0 Å². The Bertz CT molecular complexity index is 679. The predicted molar refractivity (Wildman–Crippen MR) is 105 cm³/mol. The average molecular weight is 378 g/mol. The lowest BCUT2D eigenvalue weighted by atomic mass is 10.0. The van der Waals surface area contributed by atoms with Crippen molar-refractivity contribution in [2.24, 2.45) is 5.92 Å². The summed E-state index contributed by atoms with van der Waals surface area (Å²) in [7, 11) is 2.18. The van der Waals surface area contributed by atoms with Crippen LogP contribution in [0.5, 0.6) is 0 Å². The molecule has 1 aliphatic heterocycles. The molecule has 1 fully saturated rings. The second-order valence-corrected chi connectivity index (χ2v) is 8.40. The Kier molecular flexibility index (Phi) is 6.56. The molecule has 0 aliphatic carbocycles. The minimum Gasteiger partial charge on any atom is -0.358 e. The zero-order valence-electron chi connectivity index (χ0n) is 15.8. The van der Waals surface area contributed by atoms with Crippen LogP contribution in [0.1, 0.15) is 24.4 Å². The maximum absolute atomic E-state index is 13.0. The molecule has 0 amide bonds. The van der Waals surface area contributed by atoms with Crippen LogP contribution in [0, 0.1) is 11.7 Å². The summed E-state index contributed by atoms with van der Waals surface area (Å²) < 4.78 is 13.0. The molecule has 1 unspecified atom stereocenters. The molecule has 0 spiro atoms. The lowest BCUT2D eigenvalue weighted by Crippen LogP contribution is -2.52. The number of halogens is 1. The average Bonchev–Trinajstić information content (AvgIpc) is 3.06. The van der Waals surface area contributed by atoms with Crippen molar-refractivity contribution in [1.82, 2.24) is 20.0 Å². The van der Waals surface area contributed by atoms with E-state index >= 15 is 0 Å². The first-order valence-electron chi connectivity index (χ1n) is 9.24. The van der Waals surface area contributed by atoms with E-state index in [1.54, 1.807) is 23.5 Å². The Labute approximate surface area is 159 Å². The summed E-state index contributed by atoms with van der Waals surface area (Å²) in [5, 5.41) is 13.8. The second kappa shape index (κ2) is 8.88. The summed E-state index contributed by atoms with van der Waals surface area (Å²) in [6.07, 6.45) is 0.686. The molecular weight excluding hydrogens is 349 g/mol. The van der Waals surface area contributed by atoms with E-state index in [1.165, 1.54) is 12.1 Å². The number of benzene rings is 1. The van der Waals surface area contributed by atoms with Gasteiger partial charge in [0, 0.05) is 45.2 Å². The van der Waals surface area contributed by atoms with Gasteiger partial charge in [0.15, 0.2) is 0 Å². The minimum atomic E-state index is -0.211. The Balaban J connectivity index is 1.54. The number of anilines is 1. The van der Waals surface area contributed by atoms with Crippen LogP contribution in [-0.4, -0.2) is 65.8 Å². The van der Waals surface area contributed by atoms with Gasteiger partial charge >= 0.3 is 0 Å². The van der Waals surface area contributed by atoms with Crippen LogP contribution in [0.2, 0.25) is 0 Å². The summed E-state index contributed by atoms with van der Waals surface area (Å²) in [4.78, 5) is 4.96. The number of likely N-dealkylation sites (N-methyl/N-ethyl adjacent to an activating group) is 1. The highest BCUT2D eigenvalue weighted by atomic mass is 32.1. The molecule has 1 aromatic carbocycles. The smallest absolute Gasteiger partial charge is 0.205 e. The molecule has 142 valence electrons. The summed E-state index contributed by atoms with van der Waals surface area (Å²) >= 11 is 1.58. The largest absolute Gasteiger partial charge is 0.358 e. The number of nitrogens with one attached hydrogen (secondary N) is 1. The van der Waals surface area contributed by atoms with Gasteiger partial charge in [-0.25, -0.2) is 4.39 Å². The SMILES string of the molecule is CC(C)C(CNc1nnc(Cc2ccc(F)cc2)s1)N1CCN(C)CC1. The zero-order chi connectivity index (χ0) is 18.5. The molecule has 3 rings (SSSR count). The van der Waals surface area contributed by atoms with Crippen molar-refractivity contribution in [1.29, 1.82) is 0 Å². The number of rotatable bonds is 7. The van der Waals surface area contributed by atoms with Crippen molar-refractivity contribution >= 4 is 16.5 Å². The van der Waals surface area contributed by atoms with E-state index < -0.39 is 0 Å². The summed E-state index contributed by atoms with van der Waals surface area (Å²) in [6.45, 7) is 9.94. The Morgan fingerprint density at radius 1 is 1.12 bits per heavy atom. The molecule has 0 radical (unpaired) electrons. The fourth-order valence-electron chi connectivity index (χ4n) is 3.31. The molecule has 1 saturated heterocycles. The van der Waals surface area contributed by atoms with Gasteiger partial charge in [0.1, 0.15) is 10.8 Å². The van der Waals surface area contributed by atoms with Crippen molar-refractivity contribution in [3.63, 3.8) is 0 Å². The van der Waals surface area contributed by atoms with Crippen LogP contribution in [0.15, 0.2) is 24.3 Å². The topological polar surface area (TPSA) is 44.3 Å². The molecule has 5 nitrogen and oxygen atoms in total. The van der Waals surface area contributed by atoms with E-state index in [1.807, 2.05) is 0 Å². The van der Waals surface area contributed by atoms with Gasteiger partial charge in [0.25, 0.3) is 0 Å². The van der Waals surface area contributed by atoms with Crippen molar-refractivity contribution in [2.75, 3.05) is 45.1 Å². The van der Waals surface area contributed by atoms with Gasteiger partial charge in [0.2, 0.25) is 5.13 Å². The quantitative estimate of drug-likeness (QED) is 0.804. The highest BCUT2D eigenvalue weighted by Crippen LogP contribution is 2.20. The Hall–Kier alpha value is -1.57. The third-order valence-corrected chi connectivity index (χ3v) is 5.86. The molecule has 1 aromatic heterocycles. The van der Waals surface area contributed by atoms with Crippen LogP contribution < -0.4 is 5.32 Å². The third kappa shape index (κ3) is 5.22. The number of hydrogen-bond acceptors (Lipinski definition) is 6. The van der Waals surface area contributed by atoms with Crippen molar-refractivity contribution in [3.8, 4) is 0 Å². The van der Waals surface area contributed by atoms with Gasteiger partial charge in [0.05, 0.1) is 0 Å². The molecule has 0 saturated carbocycles. The number of piperazine rings is 1. The molecule has 1 atom stereocenters. The number of nitrogens with zero attached hydrogens (tertiary/aromatic N) is 4. The lowest BCUT2D eigenvalue weighted by molar-refractivity contribution is 0.0944. The molecule has 2 heterocycles. The first kappa shape index (κ1) is 19.2. The van der Waals surface area contributed by atoms with Gasteiger partial charge in [-0.15, -0.1) is 10.2 Å². The van der Waals surface area contributed by atoms with Crippen LogP contribution in [0.4, 0.5) is 9.52 Å². The Morgan fingerprint density at radius 2 is 1.81 bits per heavy atom. The van der Waals surface area contributed by atoms with Crippen LogP contribution >= 0.6 is 11.3 Å². The number of hydrogen-bond donors (Lipinski definition) is 1. The third-order valence-electron chi connectivity index (χ3n) is 4.97. The summed E-state index contributed by atoms with van der Waals surface area (Å²) in [5.74, 6) is 0.370. The highest BCUT2D eigenvalue weighted by Gasteiger charge is 2.25. The molecule has 7 heteroatoms. The molecule has 1 aliphatic rings. The van der Waals surface area contributed by atoms with Gasteiger partial charge in [-0.3, -0.25) is 4.90 Å². The molecule has 1 N–H and O–H groups in total. The second-order valence-electron chi connectivity index (χ2n) is 7.34. The molecule has 26 heavy (non-hydrogen) atoms. The van der Waals surface area contributed by atoms with E-state index in [-0.39, 0.29) is 5.82 Å². The molecule has 2 aromatic rings. The van der Waals surface area contributed by atoms with Gasteiger partial charge < -0.3 is 10.2 Å². The van der Waals surface area contributed by atoms with Crippen LogP contribution in [0.3, 0.4) is 0 Å². The molecular formula is C19H28FN5S. The molecule has 0 bridgehead atoms. The number of aromatic nitrogens is 2. The van der Waals surface area contributed by atoms with Gasteiger partial charge in [-0.1, -0.05) is 37.3 Å². The van der Waals surface area contributed by atoms with E-state index in [0.717, 1.165) is 48.4 Å². The fourth-order valence-corrected chi connectivity index (χ4v) is 4.09.